The van der Waals surface area contributed by atoms with Crippen LogP contribution in [0.1, 0.15) is 5.56 Å². The second-order valence-corrected chi connectivity index (χ2v) is 5.45. The van der Waals surface area contributed by atoms with Crippen LogP contribution in [-0.2, 0) is 0 Å². The van der Waals surface area contributed by atoms with Crippen LogP contribution in [0.15, 0.2) is 70.7 Å². The molecule has 0 saturated heterocycles. The normalized spacial score (nSPS) is 12.1. The Labute approximate surface area is 136 Å². The van der Waals surface area contributed by atoms with Gasteiger partial charge in [0.1, 0.15) is 0 Å². The van der Waals surface area contributed by atoms with E-state index in [-0.39, 0.29) is 0 Å². The second-order valence-electron chi connectivity index (χ2n) is 4.60. The SMILES string of the molecule is N/C=C(\C=Nc1ncc(Br)c2ccccc12)c1cccnc1. The number of benzene rings is 1. The van der Waals surface area contributed by atoms with Crippen molar-refractivity contribution in [3.63, 3.8) is 0 Å². The number of nitrogens with two attached hydrogens (primary N) is 1. The zero-order valence-electron chi connectivity index (χ0n) is 11.6. The lowest BCUT2D eigenvalue weighted by Crippen LogP contribution is -1.92. The molecule has 3 rings (SSSR count). The molecule has 2 heterocycles. The fraction of sp³-hybridized carbons (Fsp3) is 0. The fourth-order valence-corrected chi connectivity index (χ4v) is 2.57. The average Bonchev–Trinajstić information content (AvgIpc) is 2.58. The summed E-state index contributed by atoms with van der Waals surface area (Å²) in [6, 6.07) is 11.8. The summed E-state index contributed by atoms with van der Waals surface area (Å²) in [5.74, 6) is 0.655. The summed E-state index contributed by atoms with van der Waals surface area (Å²) in [6.45, 7) is 0. The van der Waals surface area contributed by atoms with Gasteiger partial charge in [-0.3, -0.25) is 4.98 Å². The number of nitrogens with zero attached hydrogens (tertiary/aromatic N) is 3. The van der Waals surface area contributed by atoms with Crippen molar-refractivity contribution >= 4 is 44.3 Å². The number of hydrogen-bond acceptors (Lipinski definition) is 4. The van der Waals surface area contributed by atoms with Crippen LogP contribution in [0.25, 0.3) is 16.3 Å². The number of pyridine rings is 2. The number of halogens is 1. The van der Waals surface area contributed by atoms with Gasteiger partial charge in [-0.25, -0.2) is 9.98 Å². The number of aromatic nitrogens is 2. The van der Waals surface area contributed by atoms with Gasteiger partial charge in [0.05, 0.1) is 0 Å². The zero-order chi connectivity index (χ0) is 15.4. The highest BCUT2D eigenvalue weighted by molar-refractivity contribution is 9.10. The molecular formula is C17H13BrN4. The lowest BCUT2D eigenvalue weighted by Gasteiger charge is -2.04. The Balaban J connectivity index is 2.01. The Hall–Kier alpha value is -2.53. The van der Waals surface area contributed by atoms with Gasteiger partial charge in [0, 0.05) is 57.4 Å². The first-order valence-corrected chi connectivity index (χ1v) is 7.48. The molecule has 5 heteroatoms. The predicted molar refractivity (Wildman–Crippen MR) is 94.0 cm³/mol. The van der Waals surface area contributed by atoms with Crippen molar-refractivity contribution in [1.29, 1.82) is 0 Å². The maximum Gasteiger partial charge on any atom is 0.159 e. The van der Waals surface area contributed by atoms with Crippen molar-refractivity contribution in [1.82, 2.24) is 9.97 Å². The summed E-state index contributed by atoms with van der Waals surface area (Å²) in [5.41, 5.74) is 7.40. The molecule has 0 radical (unpaired) electrons. The van der Waals surface area contributed by atoms with Gasteiger partial charge in [0.25, 0.3) is 0 Å². The highest BCUT2D eigenvalue weighted by atomic mass is 79.9. The average molecular weight is 353 g/mol. The Morgan fingerprint density at radius 1 is 1.09 bits per heavy atom. The first-order chi connectivity index (χ1) is 10.8. The lowest BCUT2D eigenvalue weighted by molar-refractivity contribution is 1.29. The monoisotopic (exact) mass is 352 g/mol. The molecule has 0 fully saturated rings. The number of allylic oxidation sites excluding steroid dienone is 1. The van der Waals surface area contributed by atoms with Crippen molar-refractivity contribution in [2.75, 3.05) is 0 Å². The summed E-state index contributed by atoms with van der Waals surface area (Å²) in [4.78, 5) is 13.0. The highest BCUT2D eigenvalue weighted by Crippen LogP contribution is 2.29. The van der Waals surface area contributed by atoms with Gasteiger partial charge in [-0.15, -0.1) is 0 Å². The minimum atomic E-state index is 0.655. The van der Waals surface area contributed by atoms with Crippen molar-refractivity contribution in [2.45, 2.75) is 0 Å². The maximum atomic E-state index is 5.70. The molecule has 108 valence electrons. The molecule has 0 aliphatic heterocycles. The van der Waals surface area contributed by atoms with Gasteiger partial charge in [-0.2, -0.15) is 0 Å². The standard InChI is InChI=1S/C17H13BrN4/c18-16-11-22-17(15-6-2-1-5-14(15)16)21-10-13(8-19)12-4-3-7-20-9-12/h1-11H,19H2/b13-8+,21-10?. The van der Waals surface area contributed by atoms with E-state index >= 15 is 0 Å². The molecule has 0 bridgehead atoms. The Morgan fingerprint density at radius 2 is 1.91 bits per heavy atom. The second kappa shape index (κ2) is 6.49. The molecule has 0 aliphatic rings. The smallest absolute Gasteiger partial charge is 0.159 e. The molecule has 0 amide bonds. The molecule has 0 aliphatic carbocycles. The first-order valence-electron chi connectivity index (χ1n) is 6.69. The number of aliphatic imine (C=N–C) groups is 1. The molecule has 3 aromatic rings. The van der Waals surface area contributed by atoms with Crippen LogP contribution >= 0.6 is 15.9 Å². The topological polar surface area (TPSA) is 64.2 Å². The molecule has 4 nitrogen and oxygen atoms in total. The van der Waals surface area contributed by atoms with Crippen LogP contribution in [-0.4, -0.2) is 16.2 Å². The molecule has 2 N–H and O–H groups in total. The molecular weight excluding hydrogens is 340 g/mol. The summed E-state index contributed by atoms with van der Waals surface area (Å²) in [5, 5.41) is 2.06. The molecule has 0 atom stereocenters. The van der Waals surface area contributed by atoms with Crippen LogP contribution in [0, 0.1) is 0 Å². The van der Waals surface area contributed by atoms with Gasteiger partial charge in [-0.05, 0) is 22.0 Å². The minimum absolute atomic E-state index is 0.655. The molecule has 22 heavy (non-hydrogen) atoms. The third-order valence-electron chi connectivity index (χ3n) is 3.23. The van der Waals surface area contributed by atoms with Crippen molar-refractivity contribution in [3.05, 3.63) is 71.2 Å². The van der Waals surface area contributed by atoms with E-state index in [2.05, 4.69) is 30.9 Å². The molecule has 0 spiro atoms. The lowest BCUT2D eigenvalue weighted by atomic mass is 10.1. The minimum Gasteiger partial charge on any atom is -0.404 e. The van der Waals surface area contributed by atoms with E-state index in [0.717, 1.165) is 26.4 Å². The fourth-order valence-electron chi connectivity index (χ4n) is 2.12. The molecule has 1 aromatic carbocycles. The van der Waals surface area contributed by atoms with Gasteiger partial charge >= 0.3 is 0 Å². The van der Waals surface area contributed by atoms with Crippen LogP contribution in [0.2, 0.25) is 0 Å². The molecule has 0 unspecified atom stereocenters. The van der Waals surface area contributed by atoms with E-state index < -0.39 is 0 Å². The highest BCUT2D eigenvalue weighted by Gasteiger charge is 2.04. The van der Waals surface area contributed by atoms with Crippen LogP contribution in [0.5, 0.6) is 0 Å². The van der Waals surface area contributed by atoms with Crippen LogP contribution in [0.4, 0.5) is 5.82 Å². The summed E-state index contributed by atoms with van der Waals surface area (Å²) in [6.07, 6.45) is 8.45. The first kappa shape index (κ1) is 14.4. The van der Waals surface area contributed by atoms with E-state index in [0.29, 0.717) is 5.82 Å². The van der Waals surface area contributed by atoms with E-state index in [1.807, 2.05) is 36.4 Å². The number of hydrogen-bond donors (Lipinski definition) is 1. The maximum absolute atomic E-state index is 5.70. The zero-order valence-corrected chi connectivity index (χ0v) is 13.2. The molecule has 2 aromatic heterocycles. The van der Waals surface area contributed by atoms with Crippen molar-refractivity contribution in [3.8, 4) is 0 Å². The predicted octanol–water partition coefficient (Wildman–Crippen LogP) is 4.09. The largest absolute Gasteiger partial charge is 0.404 e. The third kappa shape index (κ3) is 2.89. The quantitative estimate of drug-likeness (QED) is 0.721. The Kier molecular flexibility index (Phi) is 4.25. The summed E-state index contributed by atoms with van der Waals surface area (Å²) < 4.78 is 0.948. The van der Waals surface area contributed by atoms with Crippen LogP contribution < -0.4 is 5.73 Å². The van der Waals surface area contributed by atoms with E-state index in [4.69, 9.17) is 5.73 Å². The van der Waals surface area contributed by atoms with Gasteiger partial charge in [0.2, 0.25) is 0 Å². The summed E-state index contributed by atoms with van der Waals surface area (Å²) >= 11 is 3.51. The number of rotatable bonds is 3. The van der Waals surface area contributed by atoms with E-state index in [1.54, 1.807) is 24.8 Å². The van der Waals surface area contributed by atoms with Gasteiger partial charge in [0.15, 0.2) is 5.82 Å². The van der Waals surface area contributed by atoms with Crippen molar-refractivity contribution in [2.24, 2.45) is 10.7 Å². The van der Waals surface area contributed by atoms with Gasteiger partial charge < -0.3 is 5.73 Å². The Bertz CT molecular complexity index is 857. The Morgan fingerprint density at radius 3 is 2.64 bits per heavy atom. The van der Waals surface area contributed by atoms with E-state index in [1.165, 1.54) is 6.20 Å². The molecule has 0 saturated carbocycles. The van der Waals surface area contributed by atoms with Crippen LogP contribution in [0.3, 0.4) is 0 Å². The number of fused-ring (bicyclic) bond motifs is 1. The van der Waals surface area contributed by atoms with E-state index in [9.17, 15) is 0 Å². The third-order valence-corrected chi connectivity index (χ3v) is 3.86. The van der Waals surface area contributed by atoms with Gasteiger partial charge in [-0.1, -0.05) is 30.3 Å². The van der Waals surface area contributed by atoms with Crippen molar-refractivity contribution < 1.29 is 0 Å². The summed E-state index contributed by atoms with van der Waals surface area (Å²) in [7, 11) is 0.